The molecule has 1 aliphatic heterocycles. The van der Waals surface area contributed by atoms with E-state index in [0.29, 0.717) is 0 Å². The molecular formula is C17H30N2O2. The van der Waals surface area contributed by atoms with Crippen LogP contribution in [0.15, 0.2) is 0 Å². The van der Waals surface area contributed by atoms with Gasteiger partial charge in [0.1, 0.15) is 12.1 Å². The van der Waals surface area contributed by atoms with Crippen LogP contribution in [0.3, 0.4) is 0 Å². The summed E-state index contributed by atoms with van der Waals surface area (Å²) in [5.74, 6) is 0.0745. The molecule has 120 valence electrons. The molecule has 0 radical (unpaired) electrons. The number of rotatable bonds is 1. The molecule has 2 amide bonds. The lowest BCUT2D eigenvalue weighted by Gasteiger charge is -2.51. The molecular weight excluding hydrogens is 264 g/mol. The van der Waals surface area contributed by atoms with Gasteiger partial charge in [0.15, 0.2) is 0 Å². The van der Waals surface area contributed by atoms with Gasteiger partial charge in [-0.1, -0.05) is 47.5 Å². The number of hydrogen-bond donors (Lipinski definition) is 1. The second kappa shape index (κ2) is 5.29. The molecule has 0 aromatic carbocycles. The van der Waals surface area contributed by atoms with Crippen LogP contribution in [-0.2, 0) is 9.59 Å². The van der Waals surface area contributed by atoms with E-state index in [-0.39, 0.29) is 34.7 Å². The molecule has 0 spiro atoms. The summed E-state index contributed by atoms with van der Waals surface area (Å²) in [5, 5.41) is 2.92. The maximum atomic E-state index is 13.0. The molecule has 2 rings (SSSR count). The standard InChI is InChI=1S/C17H30N2O2/c1-11-14(20)18-13(16(2,3)4)15(21)19(11)12-9-7-8-10-17(12,5)6/h11-13H,7-10H2,1-6H3,(H,18,20). The Morgan fingerprint density at radius 1 is 1.19 bits per heavy atom. The van der Waals surface area contributed by atoms with Gasteiger partial charge in [-0.2, -0.15) is 0 Å². The molecule has 1 N–H and O–H groups in total. The molecule has 1 heterocycles. The first-order valence-corrected chi connectivity index (χ1v) is 8.18. The van der Waals surface area contributed by atoms with Crippen LogP contribution in [0.5, 0.6) is 0 Å². The lowest BCUT2D eigenvalue weighted by molar-refractivity contribution is -0.158. The molecule has 1 saturated heterocycles. The number of hydrogen-bond acceptors (Lipinski definition) is 2. The van der Waals surface area contributed by atoms with Crippen LogP contribution in [0.2, 0.25) is 0 Å². The van der Waals surface area contributed by atoms with E-state index in [0.717, 1.165) is 19.3 Å². The Kier molecular flexibility index (Phi) is 4.11. The predicted molar refractivity (Wildman–Crippen MR) is 83.7 cm³/mol. The van der Waals surface area contributed by atoms with E-state index in [9.17, 15) is 9.59 Å². The molecule has 0 bridgehead atoms. The van der Waals surface area contributed by atoms with Gasteiger partial charge in [0.05, 0.1) is 0 Å². The van der Waals surface area contributed by atoms with Crippen LogP contribution >= 0.6 is 0 Å². The first-order chi connectivity index (χ1) is 9.55. The van der Waals surface area contributed by atoms with E-state index in [1.165, 1.54) is 6.42 Å². The number of piperazine rings is 1. The topological polar surface area (TPSA) is 49.4 Å². The minimum absolute atomic E-state index is 0.0177. The fourth-order valence-corrected chi connectivity index (χ4v) is 3.79. The van der Waals surface area contributed by atoms with E-state index in [1.807, 2.05) is 32.6 Å². The smallest absolute Gasteiger partial charge is 0.246 e. The molecule has 4 nitrogen and oxygen atoms in total. The summed E-state index contributed by atoms with van der Waals surface area (Å²) >= 11 is 0. The van der Waals surface area contributed by atoms with E-state index in [4.69, 9.17) is 0 Å². The summed E-state index contributed by atoms with van der Waals surface area (Å²) in [6.07, 6.45) is 4.49. The third kappa shape index (κ3) is 2.95. The van der Waals surface area contributed by atoms with Crippen molar-refractivity contribution < 1.29 is 9.59 Å². The van der Waals surface area contributed by atoms with Gasteiger partial charge in [0.25, 0.3) is 0 Å². The van der Waals surface area contributed by atoms with Crippen LogP contribution in [0.1, 0.15) is 67.2 Å². The van der Waals surface area contributed by atoms with Crippen LogP contribution < -0.4 is 5.32 Å². The molecule has 1 aliphatic carbocycles. The molecule has 0 aromatic rings. The van der Waals surface area contributed by atoms with E-state index in [1.54, 1.807) is 0 Å². The van der Waals surface area contributed by atoms with Gasteiger partial charge in [0, 0.05) is 6.04 Å². The third-order valence-electron chi connectivity index (χ3n) is 5.24. The molecule has 3 unspecified atom stereocenters. The highest BCUT2D eigenvalue weighted by molar-refractivity contribution is 5.97. The molecule has 1 saturated carbocycles. The van der Waals surface area contributed by atoms with Crippen molar-refractivity contribution in [3.05, 3.63) is 0 Å². The lowest BCUT2D eigenvalue weighted by atomic mass is 9.71. The Hall–Kier alpha value is -1.06. The maximum absolute atomic E-state index is 13.0. The Morgan fingerprint density at radius 2 is 1.81 bits per heavy atom. The summed E-state index contributed by atoms with van der Waals surface area (Å²) in [6, 6.07) is -0.609. The summed E-state index contributed by atoms with van der Waals surface area (Å²) in [5.41, 5.74) is -0.174. The van der Waals surface area contributed by atoms with E-state index in [2.05, 4.69) is 19.2 Å². The van der Waals surface area contributed by atoms with Crippen molar-refractivity contribution in [3.63, 3.8) is 0 Å². The van der Waals surface area contributed by atoms with E-state index < -0.39 is 6.04 Å². The van der Waals surface area contributed by atoms with Crippen molar-refractivity contribution in [2.45, 2.75) is 85.4 Å². The average molecular weight is 294 g/mol. The second-order valence-electron chi connectivity index (χ2n) is 8.48. The Bertz CT molecular complexity index is 437. The highest BCUT2D eigenvalue weighted by Gasteiger charge is 2.49. The monoisotopic (exact) mass is 294 g/mol. The second-order valence-corrected chi connectivity index (χ2v) is 8.48. The zero-order chi connectivity index (χ0) is 16.0. The fourth-order valence-electron chi connectivity index (χ4n) is 3.79. The van der Waals surface area contributed by atoms with E-state index >= 15 is 0 Å². The summed E-state index contributed by atoms with van der Waals surface area (Å²) in [4.78, 5) is 27.3. The number of carbonyl (C=O) groups excluding carboxylic acids is 2. The van der Waals surface area contributed by atoms with Crippen LogP contribution in [0.4, 0.5) is 0 Å². The normalized spacial score (nSPS) is 33.8. The lowest BCUT2D eigenvalue weighted by Crippen LogP contribution is -2.69. The quantitative estimate of drug-likeness (QED) is 0.808. The number of carbonyl (C=O) groups is 2. The van der Waals surface area contributed by atoms with Crippen molar-refractivity contribution in [2.75, 3.05) is 0 Å². The highest BCUT2D eigenvalue weighted by atomic mass is 16.2. The Morgan fingerprint density at radius 3 is 2.33 bits per heavy atom. The molecule has 0 aromatic heterocycles. The minimum Gasteiger partial charge on any atom is -0.342 e. The molecule has 2 aliphatic rings. The number of nitrogens with one attached hydrogen (secondary N) is 1. The van der Waals surface area contributed by atoms with Crippen LogP contribution in [0, 0.1) is 10.8 Å². The van der Waals surface area contributed by atoms with Crippen molar-refractivity contribution in [2.24, 2.45) is 10.8 Å². The summed E-state index contributed by atoms with van der Waals surface area (Å²) in [6.45, 7) is 12.4. The van der Waals surface area contributed by atoms with Gasteiger partial charge in [-0.25, -0.2) is 0 Å². The molecule has 3 atom stereocenters. The van der Waals surface area contributed by atoms with Gasteiger partial charge in [-0.05, 0) is 30.6 Å². The van der Waals surface area contributed by atoms with Gasteiger partial charge in [-0.3, -0.25) is 9.59 Å². The number of nitrogens with zero attached hydrogens (tertiary/aromatic N) is 1. The van der Waals surface area contributed by atoms with Gasteiger partial charge in [-0.15, -0.1) is 0 Å². The molecule has 2 fully saturated rings. The first-order valence-electron chi connectivity index (χ1n) is 8.18. The zero-order valence-electron chi connectivity index (χ0n) is 14.3. The minimum atomic E-state index is -0.418. The maximum Gasteiger partial charge on any atom is 0.246 e. The van der Waals surface area contributed by atoms with Gasteiger partial charge in [0.2, 0.25) is 11.8 Å². The third-order valence-corrected chi connectivity index (χ3v) is 5.24. The SMILES string of the molecule is CC1C(=O)NC(C(C)(C)C)C(=O)N1C1CCCCC1(C)C. The van der Waals surface area contributed by atoms with Crippen molar-refractivity contribution in [1.29, 1.82) is 0 Å². The average Bonchev–Trinajstić information content (AvgIpc) is 2.34. The van der Waals surface area contributed by atoms with Crippen LogP contribution in [0.25, 0.3) is 0 Å². The predicted octanol–water partition coefficient (Wildman–Crippen LogP) is 2.72. The number of amides is 2. The molecule has 4 heteroatoms. The zero-order valence-corrected chi connectivity index (χ0v) is 14.3. The van der Waals surface area contributed by atoms with Crippen molar-refractivity contribution in [1.82, 2.24) is 10.2 Å². The van der Waals surface area contributed by atoms with Crippen molar-refractivity contribution in [3.8, 4) is 0 Å². The fraction of sp³-hybridized carbons (Fsp3) is 0.882. The van der Waals surface area contributed by atoms with Crippen LogP contribution in [-0.4, -0.2) is 34.8 Å². The Balaban J connectivity index is 2.35. The largest absolute Gasteiger partial charge is 0.342 e. The summed E-state index contributed by atoms with van der Waals surface area (Å²) in [7, 11) is 0. The first kappa shape index (κ1) is 16.3. The Labute approximate surface area is 128 Å². The molecule has 21 heavy (non-hydrogen) atoms. The van der Waals surface area contributed by atoms with Crippen molar-refractivity contribution >= 4 is 11.8 Å². The van der Waals surface area contributed by atoms with Gasteiger partial charge >= 0.3 is 0 Å². The van der Waals surface area contributed by atoms with Gasteiger partial charge < -0.3 is 10.2 Å². The summed E-state index contributed by atoms with van der Waals surface area (Å²) < 4.78 is 0. The highest BCUT2D eigenvalue weighted by Crippen LogP contribution is 2.41.